The van der Waals surface area contributed by atoms with E-state index < -0.39 is 0 Å². The van der Waals surface area contributed by atoms with Crippen LogP contribution in [0.25, 0.3) is 0 Å². The summed E-state index contributed by atoms with van der Waals surface area (Å²) < 4.78 is 5.81. The number of nitrogens with zero attached hydrogens (tertiary/aromatic N) is 1. The van der Waals surface area contributed by atoms with E-state index in [2.05, 4.69) is 44.8 Å². The Hall–Kier alpha value is -0.120. The standard InChI is InChI=1S/C16H34N2O/c1-6-9-18(15(4)5)12-16(11-17-14(2)3)8-7-10-19-13-16/h14-15,17H,6-13H2,1-5H3. The fraction of sp³-hybridized carbons (Fsp3) is 1.00. The summed E-state index contributed by atoms with van der Waals surface area (Å²) in [5.41, 5.74) is 0.307. The molecule has 3 nitrogen and oxygen atoms in total. The van der Waals surface area contributed by atoms with Gasteiger partial charge in [-0.05, 0) is 39.7 Å². The van der Waals surface area contributed by atoms with E-state index in [4.69, 9.17) is 4.74 Å². The van der Waals surface area contributed by atoms with Crippen molar-refractivity contribution in [2.45, 2.75) is 66.0 Å². The number of hydrogen-bond acceptors (Lipinski definition) is 3. The van der Waals surface area contributed by atoms with Gasteiger partial charge in [0.05, 0.1) is 6.61 Å². The van der Waals surface area contributed by atoms with Crippen LogP contribution in [0.4, 0.5) is 0 Å². The smallest absolute Gasteiger partial charge is 0.0546 e. The number of hydrogen-bond donors (Lipinski definition) is 1. The van der Waals surface area contributed by atoms with E-state index in [0.29, 0.717) is 17.5 Å². The van der Waals surface area contributed by atoms with Crippen molar-refractivity contribution in [3.8, 4) is 0 Å². The lowest BCUT2D eigenvalue weighted by Gasteiger charge is -2.42. The zero-order chi connectivity index (χ0) is 14.3. The lowest BCUT2D eigenvalue weighted by atomic mass is 9.81. The molecule has 1 rings (SSSR count). The molecule has 1 unspecified atom stereocenters. The molecule has 1 aliphatic rings. The van der Waals surface area contributed by atoms with Crippen molar-refractivity contribution < 1.29 is 4.74 Å². The van der Waals surface area contributed by atoms with Crippen LogP contribution < -0.4 is 5.32 Å². The third-order valence-corrected chi connectivity index (χ3v) is 4.07. The summed E-state index contributed by atoms with van der Waals surface area (Å²) in [6, 6.07) is 1.18. The quantitative estimate of drug-likeness (QED) is 0.734. The van der Waals surface area contributed by atoms with Crippen LogP contribution in [0.1, 0.15) is 53.9 Å². The molecule has 0 bridgehead atoms. The summed E-state index contributed by atoms with van der Waals surface area (Å²) >= 11 is 0. The first-order valence-corrected chi connectivity index (χ1v) is 8.04. The van der Waals surface area contributed by atoms with Crippen molar-refractivity contribution in [1.82, 2.24) is 10.2 Å². The molecule has 1 heterocycles. The maximum Gasteiger partial charge on any atom is 0.0546 e. The van der Waals surface area contributed by atoms with Gasteiger partial charge in [0.2, 0.25) is 0 Å². The maximum absolute atomic E-state index is 5.81. The Kier molecular flexibility index (Phi) is 7.33. The van der Waals surface area contributed by atoms with Crippen LogP contribution in [0, 0.1) is 5.41 Å². The van der Waals surface area contributed by atoms with Gasteiger partial charge in [0.15, 0.2) is 0 Å². The lowest BCUT2D eigenvalue weighted by Crippen LogP contribution is -2.51. The Bertz CT molecular complexity index is 235. The van der Waals surface area contributed by atoms with Crippen LogP contribution in [0.3, 0.4) is 0 Å². The summed E-state index contributed by atoms with van der Waals surface area (Å²) in [7, 11) is 0. The molecule has 0 aromatic heterocycles. The Morgan fingerprint density at radius 3 is 2.47 bits per heavy atom. The summed E-state index contributed by atoms with van der Waals surface area (Å²) in [5, 5.41) is 3.64. The highest BCUT2D eigenvalue weighted by Crippen LogP contribution is 2.30. The minimum absolute atomic E-state index is 0.307. The normalized spacial score (nSPS) is 24.6. The second-order valence-electron chi connectivity index (χ2n) is 6.76. The van der Waals surface area contributed by atoms with Crippen molar-refractivity contribution in [3.05, 3.63) is 0 Å². The van der Waals surface area contributed by atoms with Crippen molar-refractivity contribution in [1.29, 1.82) is 0 Å². The predicted octanol–water partition coefficient (Wildman–Crippen LogP) is 2.90. The van der Waals surface area contributed by atoms with Crippen LogP contribution in [0.15, 0.2) is 0 Å². The van der Waals surface area contributed by atoms with E-state index in [-0.39, 0.29) is 0 Å². The largest absolute Gasteiger partial charge is 0.381 e. The molecule has 114 valence electrons. The molecular weight excluding hydrogens is 236 g/mol. The Morgan fingerprint density at radius 2 is 2.00 bits per heavy atom. The molecule has 0 aliphatic carbocycles. The highest BCUT2D eigenvalue weighted by Gasteiger charge is 2.35. The third-order valence-electron chi connectivity index (χ3n) is 4.07. The first kappa shape index (κ1) is 16.9. The molecule has 19 heavy (non-hydrogen) atoms. The monoisotopic (exact) mass is 270 g/mol. The molecule has 0 spiro atoms. The zero-order valence-electron chi connectivity index (χ0n) is 13.7. The van der Waals surface area contributed by atoms with Gasteiger partial charge in [0, 0.05) is 37.2 Å². The SMILES string of the molecule is CCCN(CC1(CNC(C)C)CCCOC1)C(C)C. The number of nitrogens with one attached hydrogen (secondary N) is 1. The fourth-order valence-corrected chi connectivity index (χ4v) is 2.89. The number of ether oxygens (including phenoxy) is 1. The first-order chi connectivity index (χ1) is 8.99. The van der Waals surface area contributed by atoms with Crippen molar-refractivity contribution in [3.63, 3.8) is 0 Å². The Morgan fingerprint density at radius 1 is 1.26 bits per heavy atom. The van der Waals surface area contributed by atoms with Gasteiger partial charge in [-0.1, -0.05) is 20.8 Å². The van der Waals surface area contributed by atoms with Gasteiger partial charge in [0.25, 0.3) is 0 Å². The Balaban J connectivity index is 2.65. The van der Waals surface area contributed by atoms with Gasteiger partial charge in [-0.2, -0.15) is 0 Å². The summed E-state index contributed by atoms with van der Waals surface area (Å²) in [4.78, 5) is 2.62. The van der Waals surface area contributed by atoms with Gasteiger partial charge in [0.1, 0.15) is 0 Å². The predicted molar refractivity (Wildman–Crippen MR) is 82.6 cm³/mol. The van der Waals surface area contributed by atoms with Crippen LogP contribution >= 0.6 is 0 Å². The van der Waals surface area contributed by atoms with Crippen LogP contribution in [-0.4, -0.2) is 49.8 Å². The molecule has 0 amide bonds. The van der Waals surface area contributed by atoms with Gasteiger partial charge in [-0.3, -0.25) is 0 Å². The van der Waals surface area contributed by atoms with Crippen molar-refractivity contribution in [2.24, 2.45) is 5.41 Å². The van der Waals surface area contributed by atoms with Gasteiger partial charge in [-0.25, -0.2) is 0 Å². The van der Waals surface area contributed by atoms with E-state index in [9.17, 15) is 0 Å². The molecule has 1 fully saturated rings. The molecule has 1 N–H and O–H groups in total. The zero-order valence-corrected chi connectivity index (χ0v) is 13.7. The molecule has 3 heteroatoms. The average molecular weight is 270 g/mol. The molecule has 1 atom stereocenters. The van der Waals surface area contributed by atoms with Crippen molar-refractivity contribution >= 4 is 0 Å². The molecule has 0 saturated carbocycles. The van der Waals surface area contributed by atoms with Gasteiger partial charge >= 0.3 is 0 Å². The molecule has 0 aromatic carbocycles. The van der Waals surface area contributed by atoms with E-state index in [0.717, 1.165) is 26.3 Å². The molecule has 0 aromatic rings. The molecule has 1 aliphatic heterocycles. The topological polar surface area (TPSA) is 24.5 Å². The number of rotatable bonds is 8. The maximum atomic E-state index is 5.81. The van der Waals surface area contributed by atoms with E-state index in [1.165, 1.54) is 25.8 Å². The van der Waals surface area contributed by atoms with E-state index in [1.54, 1.807) is 0 Å². The minimum Gasteiger partial charge on any atom is -0.381 e. The highest BCUT2D eigenvalue weighted by atomic mass is 16.5. The minimum atomic E-state index is 0.307. The van der Waals surface area contributed by atoms with Gasteiger partial charge in [-0.15, -0.1) is 0 Å². The molecule has 0 radical (unpaired) electrons. The van der Waals surface area contributed by atoms with Crippen molar-refractivity contribution in [2.75, 3.05) is 32.8 Å². The fourth-order valence-electron chi connectivity index (χ4n) is 2.89. The van der Waals surface area contributed by atoms with Gasteiger partial charge < -0.3 is 15.0 Å². The van der Waals surface area contributed by atoms with E-state index >= 15 is 0 Å². The van der Waals surface area contributed by atoms with Crippen LogP contribution in [0.5, 0.6) is 0 Å². The second kappa shape index (κ2) is 8.23. The first-order valence-electron chi connectivity index (χ1n) is 8.04. The summed E-state index contributed by atoms with van der Waals surface area (Å²) in [6.07, 6.45) is 3.73. The summed E-state index contributed by atoms with van der Waals surface area (Å²) in [6.45, 7) is 16.6. The van der Waals surface area contributed by atoms with E-state index in [1.807, 2.05) is 0 Å². The molecule has 1 saturated heterocycles. The Labute approximate surface area is 120 Å². The second-order valence-corrected chi connectivity index (χ2v) is 6.76. The lowest BCUT2D eigenvalue weighted by molar-refractivity contribution is -0.0316. The highest BCUT2D eigenvalue weighted by molar-refractivity contribution is 4.88. The average Bonchev–Trinajstić information content (AvgIpc) is 2.37. The van der Waals surface area contributed by atoms with Crippen LogP contribution in [-0.2, 0) is 4.74 Å². The van der Waals surface area contributed by atoms with Crippen LogP contribution in [0.2, 0.25) is 0 Å². The summed E-state index contributed by atoms with van der Waals surface area (Å²) in [5.74, 6) is 0. The third kappa shape index (κ3) is 5.80. The molecular formula is C16H34N2O.